The molecule has 0 aromatic heterocycles. The molecule has 0 spiro atoms. The molecule has 9 heavy (non-hydrogen) atoms. The molecule has 0 saturated heterocycles. The van der Waals surface area contributed by atoms with Crippen molar-refractivity contribution in [3.05, 3.63) is 12.3 Å². The van der Waals surface area contributed by atoms with E-state index in [4.69, 9.17) is 0 Å². The number of nitrogens with zero attached hydrogens (tertiary/aromatic N) is 1. The number of thioether (sulfide) groups is 1. The van der Waals surface area contributed by atoms with Gasteiger partial charge in [0, 0.05) is 6.20 Å². The fraction of sp³-hybridized carbons (Fsp3) is 0.333. The van der Waals surface area contributed by atoms with E-state index in [0.29, 0.717) is 0 Å². The minimum Gasteiger partial charge on any atom is -0.291 e. The number of carbonyl (C=O) groups is 1. The maximum absolute atomic E-state index is 9.93. The van der Waals surface area contributed by atoms with Crippen LogP contribution in [0.3, 0.4) is 0 Å². The van der Waals surface area contributed by atoms with Crippen molar-refractivity contribution in [1.82, 2.24) is 0 Å². The van der Waals surface area contributed by atoms with Gasteiger partial charge in [-0.25, -0.2) is 0 Å². The van der Waals surface area contributed by atoms with E-state index in [1.54, 1.807) is 6.20 Å². The van der Waals surface area contributed by atoms with Gasteiger partial charge in [-0.05, 0) is 24.6 Å². The van der Waals surface area contributed by atoms with Gasteiger partial charge in [0.25, 0.3) is 0 Å². The first kappa shape index (κ1) is 6.55. The van der Waals surface area contributed by atoms with Crippen molar-refractivity contribution in [2.75, 3.05) is 0 Å². The van der Waals surface area contributed by atoms with E-state index in [9.17, 15) is 4.79 Å². The Morgan fingerprint density at radius 3 is 3.22 bits per heavy atom. The van der Waals surface area contributed by atoms with Gasteiger partial charge < -0.3 is 0 Å². The molecule has 1 rings (SSSR count). The van der Waals surface area contributed by atoms with Gasteiger partial charge in [-0.15, -0.1) is 0 Å². The van der Waals surface area contributed by atoms with Crippen LogP contribution in [0, 0.1) is 0 Å². The molecule has 0 atom stereocenters. The molecule has 0 amide bonds. The van der Waals surface area contributed by atoms with Crippen LogP contribution in [0.5, 0.6) is 0 Å². The summed E-state index contributed by atoms with van der Waals surface area (Å²) in [4.78, 5) is 13.9. The Balaban J connectivity index is 2.47. The van der Waals surface area contributed by atoms with Crippen LogP contribution < -0.4 is 0 Å². The molecule has 0 N–H and O–H groups in total. The topological polar surface area (TPSA) is 29.4 Å². The van der Waals surface area contributed by atoms with E-state index in [2.05, 4.69) is 4.99 Å². The number of aliphatic imine (C=N–C) groups is 1. The van der Waals surface area contributed by atoms with E-state index in [1.165, 1.54) is 11.8 Å². The molecule has 0 bridgehead atoms. The van der Waals surface area contributed by atoms with Gasteiger partial charge in [0.05, 0.1) is 5.04 Å². The lowest BCUT2D eigenvalue weighted by Crippen LogP contribution is -1.93. The van der Waals surface area contributed by atoms with Crippen LogP contribution in [0.4, 0.5) is 0 Å². The molecule has 48 valence electrons. The zero-order chi connectivity index (χ0) is 6.53. The molecule has 0 unspecified atom stereocenters. The molecule has 1 aliphatic rings. The Hall–Kier alpha value is -0.570. The summed E-state index contributed by atoms with van der Waals surface area (Å²) in [5, 5.41) is 0.924. The van der Waals surface area contributed by atoms with Crippen LogP contribution in [-0.2, 0) is 4.79 Å². The van der Waals surface area contributed by atoms with Crippen molar-refractivity contribution in [3.8, 4) is 0 Å². The smallest absolute Gasteiger partial charge is 0.182 e. The molecular weight excluding hydrogens is 134 g/mol. The number of hydrogen-bond donors (Lipinski definition) is 0. The van der Waals surface area contributed by atoms with E-state index in [-0.39, 0.29) is 0 Å². The van der Waals surface area contributed by atoms with Crippen LogP contribution in [0.25, 0.3) is 0 Å². The van der Waals surface area contributed by atoms with E-state index < -0.39 is 0 Å². The first-order valence-corrected chi connectivity index (χ1v) is 3.63. The summed E-state index contributed by atoms with van der Waals surface area (Å²) < 4.78 is 0. The molecule has 1 aliphatic heterocycles. The lowest BCUT2D eigenvalue weighted by molar-refractivity contribution is 0.570. The fourth-order valence-corrected chi connectivity index (χ4v) is 1.10. The maximum Gasteiger partial charge on any atom is 0.182 e. The Kier molecular flexibility index (Phi) is 2.51. The lowest BCUT2D eigenvalue weighted by Gasteiger charge is -2.00. The third-order valence-corrected chi connectivity index (χ3v) is 1.71. The highest BCUT2D eigenvalue weighted by Crippen LogP contribution is 2.11. The summed E-state index contributed by atoms with van der Waals surface area (Å²) in [6.07, 6.45) is 5.67. The monoisotopic (exact) mass is 141 g/mol. The van der Waals surface area contributed by atoms with Crippen LogP contribution in [0.15, 0.2) is 17.3 Å². The first-order valence-electron chi connectivity index (χ1n) is 2.75. The number of allylic oxidation sites excluding steroid dienone is 1. The van der Waals surface area contributed by atoms with Crippen LogP contribution in [0.1, 0.15) is 12.8 Å². The minimum atomic E-state index is 0.817. The molecule has 1 heterocycles. The lowest BCUT2D eigenvalue weighted by atomic mass is 10.3. The van der Waals surface area contributed by atoms with Gasteiger partial charge in [-0.3, -0.25) is 9.79 Å². The van der Waals surface area contributed by atoms with Crippen molar-refractivity contribution in [3.63, 3.8) is 0 Å². The van der Waals surface area contributed by atoms with Gasteiger partial charge in [0.2, 0.25) is 0 Å². The summed E-state index contributed by atoms with van der Waals surface area (Å²) in [5.74, 6) is 0. The summed E-state index contributed by atoms with van der Waals surface area (Å²) in [7, 11) is 0. The quantitative estimate of drug-likeness (QED) is 0.519. The Morgan fingerprint density at radius 2 is 2.67 bits per heavy atom. The highest BCUT2D eigenvalue weighted by molar-refractivity contribution is 8.24. The Labute approximate surface area is 58.0 Å². The second-order valence-corrected chi connectivity index (χ2v) is 2.56. The standard InChI is InChI=1S/C6H7NOS/c8-5-9-6-3-1-2-4-7-6/h2,4-5H,1,3H2. The maximum atomic E-state index is 9.93. The minimum absolute atomic E-state index is 0.817. The van der Waals surface area contributed by atoms with Crippen molar-refractivity contribution in [1.29, 1.82) is 0 Å². The summed E-state index contributed by atoms with van der Waals surface area (Å²) in [6.45, 7) is 0. The Bertz CT molecular complexity index is 162. The second-order valence-electron chi connectivity index (χ2n) is 1.66. The van der Waals surface area contributed by atoms with Crippen molar-refractivity contribution < 1.29 is 4.79 Å². The number of hydrogen-bond acceptors (Lipinski definition) is 3. The van der Waals surface area contributed by atoms with E-state index in [1.807, 2.05) is 6.08 Å². The summed E-state index contributed by atoms with van der Waals surface area (Å²) in [6, 6.07) is 0. The molecule has 0 aromatic rings. The Morgan fingerprint density at radius 1 is 1.78 bits per heavy atom. The molecular formula is C6H7NOS. The fourth-order valence-electron chi connectivity index (χ4n) is 0.627. The van der Waals surface area contributed by atoms with Crippen LogP contribution >= 0.6 is 11.8 Å². The van der Waals surface area contributed by atoms with Crippen molar-refractivity contribution in [2.24, 2.45) is 4.99 Å². The predicted molar refractivity (Wildman–Crippen MR) is 40.2 cm³/mol. The van der Waals surface area contributed by atoms with Gasteiger partial charge in [-0.1, -0.05) is 6.08 Å². The highest BCUT2D eigenvalue weighted by Gasteiger charge is 1.99. The number of rotatable bonds is 1. The van der Waals surface area contributed by atoms with Gasteiger partial charge in [0.15, 0.2) is 5.62 Å². The molecule has 0 aliphatic carbocycles. The first-order chi connectivity index (χ1) is 4.43. The third-order valence-electron chi connectivity index (χ3n) is 1.03. The second kappa shape index (κ2) is 3.45. The molecule has 0 fully saturated rings. The summed E-state index contributed by atoms with van der Waals surface area (Å²) >= 11 is 1.17. The average molecular weight is 141 g/mol. The molecule has 0 saturated carbocycles. The van der Waals surface area contributed by atoms with Gasteiger partial charge in [0.1, 0.15) is 0 Å². The molecule has 0 radical (unpaired) electrons. The van der Waals surface area contributed by atoms with Gasteiger partial charge >= 0.3 is 0 Å². The van der Waals surface area contributed by atoms with Crippen LogP contribution in [-0.4, -0.2) is 10.7 Å². The third kappa shape index (κ3) is 2.01. The zero-order valence-electron chi connectivity index (χ0n) is 4.91. The highest BCUT2D eigenvalue weighted by atomic mass is 32.2. The van der Waals surface area contributed by atoms with E-state index >= 15 is 0 Å². The van der Waals surface area contributed by atoms with Gasteiger partial charge in [-0.2, -0.15) is 0 Å². The largest absolute Gasteiger partial charge is 0.291 e. The molecule has 0 aromatic carbocycles. The SMILES string of the molecule is O=CSC1=NC=CCC1. The van der Waals surface area contributed by atoms with E-state index in [0.717, 1.165) is 23.5 Å². The number of carbonyl (C=O) groups excluding carboxylic acids is 1. The van der Waals surface area contributed by atoms with Crippen molar-refractivity contribution >= 4 is 22.4 Å². The van der Waals surface area contributed by atoms with Crippen LogP contribution in [0.2, 0.25) is 0 Å². The predicted octanol–water partition coefficient (Wildman–Crippen LogP) is 1.62. The zero-order valence-corrected chi connectivity index (χ0v) is 5.73. The summed E-state index contributed by atoms with van der Waals surface area (Å²) in [5.41, 5.74) is 0.817. The molecule has 2 nitrogen and oxygen atoms in total. The average Bonchev–Trinajstić information content (AvgIpc) is 1.91. The van der Waals surface area contributed by atoms with Crippen molar-refractivity contribution in [2.45, 2.75) is 12.8 Å². The molecule has 3 heteroatoms. The normalized spacial score (nSPS) is 17.1.